The summed E-state index contributed by atoms with van der Waals surface area (Å²) in [5.41, 5.74) is -0.828. The zero-order valence-electron chi connectivity index (χ0n) is 59.8. The number of aromatic amines is 1. The summed E-state index contributed by atoms with van der Waals surface area (Å²) < 4.78 is 295. The van der Waals surface area contributed by atoms with E-state index in [1.54, 1.807) is 7.05 Å². The molecule has 0 saturated heterocycles. The molecule has 12 rings (SSSR count). The average molecular weight is 1700 g/mol. The molecule has 12 aromatic rings. The van der Waals surface area contributed by atoms with E-state index in [-0.39, 0.29) is 106 Å². The summed E-state index contributed by atoms with van der Waals surface area (Å²) in [5.74, 6) is -11.7. The van der Waals surface area contributed by atoms with Gasteiger partial charge in [-0.05, 0) is 128 Å². The van der Waals surface area contributed by atoms with Crippen molar-refractivity contribution in [3.8, 4) is 68.0 Å². The van der Waals surface area contributed by atoms with E-state index in [1.165, 1.54) is 89.4 Å². The molecule has 4 heterocycles. The van der Waals surface area contributed by atoms with E-state index < -0.39 is 132 Å². The van der Waals surface area contributed by atoms with Crippen molar-refractivity contribution in [3.63, 3.8) is 0 Å². The minimum atomic E-state index is -4.49. The molecule has 0 aliphatic carbocycles. The Morgan fingerprint density at radius 1 is 0.395 bits per heavy atom. The SMILES string of the molecule is CNCc1cn(S(=O)(=O)c2cccc(F)c2)c(-c2ccc(F)cc2F)c1OC.COC(=O)c1c[nH]c(-c2ccc(F)cc2F)c1OC.COC(=O)c1cn(S(=O)(=O)c2cccc(F)c2)c(-c2ccc(F)cc2F)c1OC.COc1c(CO)cn(S(=O)(=O)c2cccc(F)c2)c1-c1ccc(F)cc1F.O=S(=O)(Cl)c1cccc(F)c1. The number of esters is 2. The Morgan fingerprint density at radius 3 is 1.02 bits per heavy atom. The second-order valence-corrected chi connectivity index (χ2v) is 31.0. The Bertz CT molecular complexity index is 6070. The molecule has 0 radical (unpaired) electrons. The van der Waals surface area contributed by atoms with Gasteiger partial charge >= 0.3 is 11.9 Å². The van der Waals surface area contributed by atoms with Crippen LogP contribution in [0, 0.1) is 69.8 Å². The largest absolute Gasteiger partial charge is 0.494 e. The lowest BCUT2D eigenvalue weighted by molar-refractivity contribution is 0.0588. The fourth-order valence-corrected chi connectivity index (χ4v) is 15.8. The molecule has 602 valence electrons. The molecule has 0 atom stereocenters. The van der Waals surface area contributed by atoms with Gasteiger partial charge in [0.25, 0.3) is 39.1 Å². The van der Waals surface area contributed by atoms with Gasteiger partial charge in [0.2, 0.25) is 0 Å². The number of carbonyl (C=O) groups excluding carboxylic acids is 2. The van der Waals surface area contributed by atoms with E-state index >= 15 is 0 Å². The van der Waals surface area contributed by atoms with Crippen molar-refractivity contribution in [2.45, 2.75) is 32.7 Å². The van der Waals surface area contributed by atoms with Gasteiger partial charge in [-0.25, -0.2) is 108 Å². The van der Waals surface area contributed by atoms with Crippen LogP contribution >= 0.6 is 10.7 Å². The van der Waals surface area contributed by atoms with Crippen molar-refractivity contribution < 1.29 is 129 Å². The number of ether oxygens (including phenoxy) is 6. The van der Waals surface area contributed by atoms with Gasteiger partial charge in [0.15, 0.2) is 17.2 Å². The molecule has 0 amide bonds. The predicted octanol–water partition coefficient (Wildman–Crippen LogP) is 15.0. The number of benzene rings is 8. The minimum Gasteiger partial charge on any atom is -0.494 e. The zero-order chi connectivity index (χ0) is 84.1. The molecule has 0 aliphatic rings. The van der Waals surface area contributed by atoms with Crippen LogP contribution in [-0.2, 0) is 61.7 Å². The van der Waals surface area contributed by atoms with E-state index in [9.17, 15) is 101 Å². The van der Waals surface area contributed by atoms with Crippen LogP contribution in [0.25, 0.3) is 45.0 Å². The first-order valence-corrected chi connectivity index (χ1v) is 38.6. The first kappa shape index (κ1) is 87.8. The molecule has 0 saturated carbocycles. The number of hydrogen-bond acceptors (Lipinski definition) is 18. The van der Waals surface area contributed by atoms with Crippen LogP contribution in [0.5, 0.6) is 23.0 Å². The fourth-order valence-electron chi connectivity index (χ4n) is 10.8. The van der Waals surface area contributed by atoms with Crippen LogP contribution in [0.4, 0.5) is 52.7 Å². The van der Waals surface area contributed by atoms with Gasteiger partial charge in [0.1, 0.15) is 104 Å². The average Bonchev–Trinajstić information content (AvgIpc) is 1.60. The van der Waals surface area contributed by atoms with Crippen LogP contribution in [-0.4, -0.2) is 117 Å². The Morgan fingerprint density at radius 2 is 0.702 bits per heavy atom. The third kappa shape index (κ3) is 19.6. The van der Waals surface area contributed by atoms with Gasteiger partial charge in [0, 0.05) is 99.7 Å². The lowest BCUT2D eigenvalue weighted by Gasteiger charge is -2.13. The monoisotopic (exact) mass is 1690 g/mol. The van der Waals surface area contributed by atoms with Gasteiger partial charge in [0.05, 0.1) is 74.5 Å². The van der Waals surface area contributed by atoms with Crippen molar-refractivity contribution in [2.24, 2.45) is 0 Å². The highest BCUT2D eigenvalue weighted by Crippen LogP contribution is 2.43. The van der Waals surface area contributed by atoms with E-state index in [0.29, 0.717) is 31.7 Å². The number of aliphatic hydroxyl groups is 1. The van der Waals surface area contributed by atoms with Gasteiger partial charge in [-0.1, -0.05) is 24.3 Å². The first-order chi connectivity index (χ1) is 53.9. The van der Waals surface area contributed by atoms with Crippen molar-refractivity contribution in [3.05, 3.63) is 287 Å². The fraction of sp³-hybridized carbons (Fsp3) is 0.120. The molecule has 8 aromatic carbocycles. The lowest BCUT2D eigenvalue weighted by atomic mass is 10.1. The molecular weight excluding hydrogens is 1630 g/mol. The number of H-pyrrole nitrogens is 1. The van der Waals surface area contributed by atoms with Crippen LogP contribution in [0.2, 0.25) is 0 Å². The van der Waals surface area contributed by atoms with Crippen LogP contribution in [0.15, 0.2) is 214 Å². The summed E-state index contributed by atoms with van der Waals surface area (Å²) in [5, 5.41) is 12.4. The number of aliphatic hydroxyl groups excluding tert-OH is 1. The molecule has 22 nitrogen and oxygen atoms in total. The number of nitrogens with one attached hydrogen (secondary N) is 2. The Kier molecular flexibility index (Phi) is 28.7. The number of halogens is 13. The molecule has 3 N–H and O–H groups in total. The van der Waals surface area contributed by atoms with Gasteiger partial charge in [-0.3, -0.25) is 0 Å². The van der Waals surface area contributed by atoms with Crippen molar-refractivity contribution in [1.82, 2.24) is 22.2 Å². The number of rotatable bonds is 20. The van der Waals surface area contributed by atoms with Crippen molar-refractivity contribution in [2.75, 3.05) is 49.7 Å². The lowest BCUT2D eigenvalue weighted by Crippen LogP contribution is -2.14. The number of hydrogen-bond donors (Lipinski definition) is 3. The topological polar surface area (TPSA) is 289 Å². The van der Waals surface area contributed by atoms with Crippen LogP contribution in [0.1, 0.15) is 31.8 Å². The Labute approximate surface area is 647 Å². The minimum absolute atomic E-state index is 0.0659. The van der Waals surface area contributed by atoms with Crippen molar-refractivity contribution >= 4 is 61.7 Å². The third-order valence-corrected chi connectivity index (χ3v) is 22.1. The predicted molar refractivity (Wildman–Crippen MR) is 389 cm³/mol. The molecule has 0 fully saturated rings. The van der Waals surface area contributed by atoms with Crippen LogP contribution < -0.4 is 24.3 Å². The maximum absolute atomic E-state index is 14.5. The summed E-state index contributed by atoms with van der Waals surface area (Å²) in [6, 6.07) is 28.4. The quantitative estimate of drug-likeness (QED) is 0.0363. The second kappa shape index (κ2) is 37.2. The highest BCUT2D eigenvalue weighted by molar-refractivity contribution is 8.13. The summed E-state index contributed by atoms with van der Waals surface area (Å²) >= 11 is 0. The summed E-state index contributed by atoms with van der Waals surface area (Å²) in [4.78, 5) is 25.0. The normalized spacial score (nSPS) is 11.3. The van der Waals surface area contributed by atoms with E-state index in [2.05, 4.69) is 19.8 Å². The van der Waals surface area contributed by atoms with E-state index in [0.717, 1.165) is 134 Å². The number of aromatic nitrogens is 4. The number of carbonyl (C=O) groups is 2. The maximum atomic E-state index is 14.5. The first-order valence-electron chi connectivity index (χ1n) is 32.0. The number of methoxy groups -OCH3 is 6. The Balaban J connectivity index is 0.000000183. The van der Waals surface area contributed by atoms with E-state index in [1.807, 2.05) is 0 Å². The van der Waals surface area contributed by atoms with Gasteiger partial charge < -0.3 is 43.8 Å². The van der Waals surface area contributed by atoms with Crippen LogP contribution in [0.3, 0.4) is 0 Å². The molecule has 114 heavy (non-hydrogen) atoms. The maximum Gasteiger partial charge on any atom is 0.343 e. The summed E-state index contributed by atoms with van der Waals surface area (Å²) in [6.07, 6.45) is 4.55. The standard InChI is InChI=1S/C19H17F3N2O3S.C19H14F3NO5S.C18H14F3NO4S.C13H11F2NO3.C6H4ClFO2S/c1-23-10-12-11-24(28(25,26)15-5-3-4-13(20)8-15)18(19(12)27-2)16-7-6-14(21)9-17(16)22;1-27-18-15(19(24)28-2)10-23(17(18)14-7-6-12(21)9-16(14)22)29(25,26)13-5-3-4-11(20)8-13;1-26-18-11(10-23)9-22(17(18)15-6-5-13(20)8-16(15)21)27(24,25)14-4-2-3-12(19)7-14;1-18-12-9(13(17)19-2)6-16-11(12)8-4-3-7(14)5-10(8)15;7-11(9,10)6-3-1-2-5(8)4-6/h3-9,11,23H,10H2,1-2H3;3-10H,1-2H3;2-9,23H,10H2,1H3;3-6,16H,1-2H3;1-4H. The third-order valence-electron chi connectivity index (χ3n) is 15.8. The summed E-state index contributed by atoms with van der Waals surface area (Å²) in [7, 11) is -3.02. The molecular formula is C75H60ClF12N5O17S4. The van der Waals surface area contributed by atoms with Gasteiger partial charge in [-0.15, -0.1) is 0 Å². The molecule has 0 aliphatic heterocycles. The molecule has 39 heteroatoms. The smallest absolute Gasteiger partial charge is 0.343 e. The molecule has 0 unspecified atom stereocenters. The highest BCUT2D eigenvalue weighted by Gasteiger charge is 2.34. The van der Waals surface area contributed by atoms with Gasteiger partial charge in [-0.2, -0.15) is 0 Å². The molecule has 4 aromatic heterocycles. The highest BCUT2D eigenvalue weighted by atomic mass is 35.7. The number of nitrogens with zero attached hydrogens (tertiary/aromatic N) is 3. The zero-order valence-corrected chi connectivity index (χ0v) is 63.8. The Hall–Kier alpha value is -11.8. The van der Waals surface area contributed by atoms with Crippen molar-refractivity contribution in [1.29, 1.82) is 0 Å². The molecule has 0 spiro atoms. The molecule has 0 bridgehead atoms. The van der Waals surface area contributed by atoms with E-state index in [4.69, 9.17) is 29.6 Å². The second-order valence-electron chi connectivity index (χ2n) is 22.9. The summed E-state index contributed by atoms with van der Waals surface area (Å²) in [6.45, 7) is -0.366.